The summed E-state index contributed by atoms with van der Waals surface area (Å²) in [5.41, 5.74) is 2.54. The molecule has 1 atom stereocenters. The smallest absolute Gasteiger partial charge is 0.326 e. The number of benzene rings is 2. The maximum Gasteiger partial charge on any atom is 0.502 e. The minimum atomic E-state index is -0.763. The Kier molecular flexibility index (Phi) is 4.27. The van der Waals surface area contributed by atoms with Crippen LogP contribution in [0.5, 0.6) is 0 Å². The summed E-state index contributed by atoms with van der Waals surface area (Å²) >= 11 is 0. The number of rotatable bonds is 4. The Morgan fingerprint density at radius 2 is 1.70 bits per heavy atom. The molecule has 4 rings (SSSR count). The van der Waals surface area contributed by atoms with E-state index in [0.29, 0.717) is 18.7 Å². The first-order valence-electron chi connectivity index (χ1n) is 8.79. The van der Waals surface area contributed by atoms with Crippen molar-refractivity contribution >= 4 is 23.3 Å². The van der Waals surface area contributed by atoms with E-state index in [1.165, 1.54) is 4.90 Å². The fourth-order valence-electron chi connectivity index (χ4n) is 3.32. The molecule has 2 aromatic carbocycles. The highest BCUT2D eigenvalue weighted by molar-refractivity contribution is 6.32. The molecule has 0 bridgehead atoms. The van der Waals surface area contributed by atoms with Gasteiger partial charge >= 0.3 is 11.8 Å². The van der Waals surface area contributed by atoms with Gasteiger partial charge in [-0.3, -0.25) is 14.5 Å². The molecule has 2 aromatic rings. The number of ketones is 1. The second-order valence-electron chi connectivity index (χ2n) is 6.64. The highest BCUT2D eigenvalue weighted by Gasteiger charge is 2.49. The number of amides is 2. The lowest BCUT2D eigenvalue weighted by Crippen LogP contribution is -2.52. The molecule has 7 nitrogen and oxygen atoms in total. The standard InChI is InChI=1S/C20H19N4O3/c1-14-7-9-16(10-8-14)22-11-12-23-18(26)19(27)24(21-20(22)23)13-17(25)15-5-3-2-4-6-15/h2-10,20H,11-13H2,1H3/q+1. The number of nitrogens with zero attached hydrogens (tertiary/aromatic N) is 4. The summed E-state index contributed by atoms with van der Waals surface area (Å²) in [5, 5.41) is 4.41. The molecule has 0 aromatic heterocycles. The van der Waals surface area contributed by atoms with Gasteiger partial charge in [0.05, 0.1) is 0 Å². The molecular formula is C20H19N4O3+. The normalized spacial score (nSPS) is 19.1. The van der Waals surface area contributed by atoms with Crippen LogP contribution in [0.2, 0.25) is 0 Å². The van der Waals surface area contributed by atoms with Crippen molar-refractivity contribution in [3.8, 4) is 0 Å². The summed E-state index contributed by atoms with van der Waals surface area (Å²) in [5.74, 6) is -1.64. The van der Waals surface area contributed by atoms with Crippen LogP contribution in [0.25, 0.3) is 0 Å². The van der Waals surface area contributed by atoms with E-state index in [9.17, 15) is 14.4 Å². The second-order valence-corrected chi connectivity index (χ2v) is 6.64. The number of hydrogen-bond donors (Lipinski definition) is 0. The topological polar surface area (TPSA) is 73.1 Å². The number of fused-ring (bicyclic) bond motifs is 1. The number of aryl methyl sites for hydroxylation is 1. The van der Waals surface area contributed by atoms with E-state index in [4.69, 9.17) is 0 Å². The van der Waals surface area contributed by atoms with Gasteiger partial charge in [0, 0.05) is 29.5 Å². The van der Waals surface area contributed by atoms with Crippen molar-refractivity contribution < 1.29 is 19.1 Å². The molecule has 2 heterocycles. The minimum absolute atomic E-state index is 0.249. The summed E-state index contributed by atoms with van der Waals surface area (Å²) in [6.07, 6.45) is -0.610. The predicted molar refractivity (Wildman–Crippen MR) is 97.4 cm³/mol. The van der Waals surface area contributed by atoms with Gasteiger partial charge < -0.3 is 4.90 Å². The third kappa shape index (κ3) is 3.12. The number of carbonyl (C=O) groups excluding carboxylic acids is 3. The van der Waals surface area contributed by atoms with Gasteiger partial charge in [0.2, 0.25) is 12.3 Å². The van der Waals surface area contributed by atoms with Crippen LogP contribution >= 0.6 is 0 Å². The SMILES string of the molecule is Cc1ccc(N2CCN3C(=O)C(=O)[N+](CC(=O)c4ccccc4)=NC32)cc1. The minimum Gasteiger partial charge on any atom is -0.326 e. The first-order valence-corrected chi connectivity index (χ1v) is 8.79. The molecule has 0 saturated carbocycles. The van der Waals surface area contributed by atoms with Gasteiger partial charge in [0.25, 0.3) is 6.29 Å². The van der Waals surface area contributed by atoms with E-state index in [2.05, 4.69) is 5.11 Å². The van der Waals surface area contributed by atoms with Crippen LogP contribution in [0.4, 0.5) is 5.69 Å². The van der Waals surface area contributed by atoms with Crippen LogP contribution in [0.15, 0.2) is 59.7 Å². The zero-order valence-corrected chi connectivity index (χ0v) is 14.9. The highest BCUT2D eigenvalue weighted by Crippen LogP contribution is 2.27. The van der Waals surface area contributed by atoms with E-state index in [0.717, 1.165) is 15.9 Å². The van der Waals surface area contributed by atoms with Crippen molar-refractivity contribution in [2.45, 2.75) is 13.2 Å². The summed E-state index contributed by atoms with van der Waals surface area (Å²) in [4.78, 5) is 40.8. The molecule has 0 radical (unpaired) electrons. The average molecular weight is 363 g/mol. The highest BCUT2D eigenvalue weighted by atomic mass is 16.2. The predicted octanol–water partition coefficient (Wildman–Crippen LogP) is 1.82. The van der Waals surface area contributed by atoms with Crippen molar-refractivity contribution in [2.75, 3.05) is 24.5 Å². The van der Waals surface area contributed by atoms with Gasteiger partial charge in [0.15, 0.2) is 0 Å². The van der Waals surface area contributed by atoms with Gasteiger partial charge in [0.1, 0.15) is 0 Å². The van der Waals surface area contributed by atoms with E-state index in [-0.39, 0.29) is 12.3 Å². The molecule has 136 valence electrons. The zero-order chi connectivity index (χ0) is 19.0. The van der Waals surface area contributed by atoms with Crippen LogP contribution in [0.1, 0.15) is 15.9 Å². The molecule has 2 aliphatic rings. The number of Topliss-reactive ketones (excluding diaryl/α,β-unsaturated/α-hetero) is 1. The van der Waals surface area contributed by atoms with Crippen LogP contribution in [-0.4, -0.2) is 53.1 Å². The lowest BCUT2D eigenvalue weighted by atomic mass is 10.1. The monoisotopic (exact) mass is 363 g/mol. The van der Waals surface area contributed by atoms with Crippen molar-refractivity contribution in [3.63, 3.8) is 0 Å². The molecule has 1 saturated heterocycles. The van der Waals surface area contributed by atoms with Crippen molar-refractivity contribution in [1.82, 2.24) is 4.90 Å². The fourth-order valence-corrected chi connectivity index (χ4v) is 3.32. The summed E-state index contributed by atoms with van der Waals surface area (Å²) in [7, 11) is 0. The number of azo groups is 2. The third-order valence-electron chi connectivity index (χ3n) is 4.82. The second kappa shape index (κ2) is 6.75. The fraction of sp³-hybridized carbons (Fsp3) is 0.250. The molecule has 0 spiro atoms. The van der Waals surface area contributed by atoms with Crippen molar-refractivity contribution in [2.24, 2.45) is 5.11 Å². The lowest BCUT2D eigenvalue weighted by Gasteiger charge is -2.27. The van der Waals surface area contributed by atoms with E-state index >= 15 is 0 Å². The van der Waals surface area contributed by atoms with Gasteiger partial charge in [-0.15, -0.1) is 0 Å². The van der Waals surface area contributed by atoms with Crippen molar-refractivity contribution in [1.29, 1.82) is 0 Å². The van der Waals surface area contributed by atoms with E-state index in [1.807, 2.05) is 42.2 Å². The molecule has 2 aliphatic heterocycles. The Hall–Kier alpha value is -3.35. The molecule has 1 unspecified atom stereocenters. The summed E-state index contributed by atoms with van der Waals surface area (Å²) < 4.78 is 1.01. The van der Waals surface area contributed by atoms with Crippen molar-refractivity contribution in [3.05, 3.63) is 65.7 Å². The molecule has 1 fully saturated rings. The molecule has 0 aliphatic carbocycles. The lowest BCUT2D eigenvalue weighted by molar-refractivity contribution is -0.507. The summed E-state index contributed by atoms with van der Waals surface area (Å²) in [6.45, 7) is 2.76. The van der Waals surface area contributed by atoms with Crippen LogP contribution in [0.3, 0.4) is 0 Å². The van der Waals surface area contributed by atoms with Crippen LogP contribution in [0, 0.1) is 6.92 Å². The van der Waals surface area contributed by atoms with E-state index in [1.54, 1.807) is 24.3 Å². The Morgan fingerprint density at radius 1 is 1.04 bits per heavy atom. The third-order valence-corrected chi connectivity index (χ3v) is 4.82. The largest absolute Gasteiger partial charge is 0.502 e. The average Bonchev–Trinajstić information content (AvgIpc) is 3.11. The number of carbonyl (C=O) groups is 3. The first-order chi connectivity index (χ1) is 13.0. The maximum atomic E-state index is 12.5. The zero-order valence-electron chi connectivity index (χ0n) is 14.9. The van der Waals surface area contributed by atoms with E-state index < -0.39 is 18.1 Å². The van der Waals surface area contributed by atoms with Gasteiger partial charge in [-0.05, 0) is 23.8 Å². The Labute approximate surface area is 156 Å². The van der Waals surface area contributed by atoms with Gasteiger partial charge in [-0.25, -0.2) is 4.79 Å². The Balaban J connectivity index is 1.63. The van der Waals surface area contributed by atoms with Crippen LogP contribution in [-0.2, 0) is 9.59 Å². The van der Waals surface area contributed by atoms with Gasteiger partial charge in [-0.1, -0.05) is 48.0 Å². The molecule has 0 N–H and O–H groups in total. The molecule has 7 heteroatoms. The molecule has 2 amide bonds. The maximum absolute atomic E-state index is 12.5. The number of anilines is 1. The Bertz CT molecular complexity index is 937. The van der Waals surface area contributed by atoms with Crippen LogP contribution < -0.4 is 4.90 Å². The molecular weight excluding hydrogens is 344 g/mol. The number of hydrogen-bond acceptors (Lipinski definition) is 5. The quantitative estimate of drug-likeness (QED) is 0.472. The summed E-state index contributed by atoms with van der Waals surface area (Å²) in [6, 6.07) is 16.6. The molecule has 27 heavy (non-hydrogen) atoms. The Morgan fingerprint density at radius 3 is 2.41 bits per heavy atom. The first kappa shape index (κ1) is 17.1. The van der Waals surface area contributed by atoms with Gasteiger partial charge in [-0.2, -0.15) is 0 Å².